The van der Waals surface area contributed by atoms with Crippen molar-refractivity contribution >= 4 is 27.5 Å². The first-order valence-corrected chi connectivity index (χ1v) is 7.20. The molecule has 0 bridgehead atoms. The molecule has 2 aromatic rings. The van der Waals surface area contributed by atoms with Crippen LogP contribution >= 0.6 is 15.9 Å². The summed E-state index contributed by atoms with van der Waals surface area (Å²) in [4.78, 5) is 12.4. The molecule has 3 nitrogen and oxygen atoms in total. The lowest BCUT2D eigenvalue weighted by molar-refractivity contribution is 0.102. The number of hydrogen-bond acceptors (Lipinski definition) is 2. The van der Waals surface area contributed by atoms with Crippen molar-refractivity contribution in [1.29, 1.82) is 0 Å². The van der Waals surface area contributed by atoms with E-state index in [-0.39, 0.29) is 5.91 Å². The van der Waals surface area contributed by atoms with E-state index in [1.54, 1.807) is 12.1 Å². The highest BCUT2D eigenvalue weighted by Crippen LogP contribution is 2.25. The first-order valence-electron chi connectivity index (χ1n) is 6.41. The third-order valence-electron chi connectivity index (χ3n) is 2.80. The molecule has 0 saturated heterocycles. The van der Waals surface area contributed by atoms with E-state index in [1.807, 2.05) is 44.2 Å². The number of benzene rings is 2. The lowest BCUT2D eigenvalue weighted by atomic mass is 10.1. The highest BCUT2D eigenvalue weighted by Gasteiger charge is 2.13. The third-order valence-corrected chi connectivity index (χ3v) is 3.49. The molecular formula is C16H16BrNO2. The van der Waals surface area contributed by atoms with Crippen LogP contribution in [0.4, 0.5) is 5.69 Å². The minimum atomic E-state index is -0.180. The zero-order chi connectivity index (χ0) is 14.5. The van der Waals surface area contributed by atoms with Crippen LogP contribution < -0.4 is 10.1 Å². The first kappa shape index (κ1) is 14.6. The van der Waals surface area contributed by atoms with Crippen molar-refractivity contribution in [3.8, 4) is 5.75 Å². The van der Waals surface area contributed by atoms with Crippen molar-refractivity contribution in [3.63, 3.8) is 0 Å². The molecule has 1 amide bonds. The minimum Gasteiger partial charge on any atom is -0.493 e. The maximum absolute atomic E-state index is 12.4. The largest absolute Gasteiger partial charge is 0.493 e. The molecule has 0 heterocycles. The van der Waals surface area contributed by atoms with E-state index >= 15 is 0 Å². The van der Waals surface area contributed by atoms with Crippen molar-refractivity contribution in [2.75, 3.05) is 11.9 Å². The predicted octanol–water partition coefficient (Wildman–Crippen LogP) is 4.41. The summed E-state index contributed by atoms with van der Waals surface area (Å²) in [6.45, 7) is 4.40. The molecule has 20 heavy (non-hydrogen) atoms. The maximum atomic E-state index is 12.4. The Labute approximate surface area is 127 Å². The fourth-order valence-corrected chi connectivity index (χ4v) is 2.21. The van der Waals surface area contributed by atoms with E-state index in [0.717, 1.165) is 15.7 Å². The Hall–Kier alpha value is -1.81. The number of anilines is 1. The van der Waals surface area contributed by atoms with E-state index in [2.05, 4.69) is 21.2 Å². The lowest BCUT2D eigenvalue weighted by Crippen LogP contribution is -2.14. The van der Waals surface area contributed by atoms with Gasteiger partial charge in [-0.25, -0.2) is 0 Å². The third kappa shape index (κ3) is 3.39. The van der Waals surface area contributed by atoms with Gasteiger partial charge in [-0.2, -0.15) is 0 Å². The zero-order valence-corrected chi connectivity index (χ0v) is 13.0. The van der Waals surface area contributed by atoms with Crippen LogP contribution in [0.15, 0.2) is 46.9 Å². The monoisotopic (exact) mass is 333 g/mol. The number of carbonyl (C=O) groups is 1. The van der Waals surface area contributed by atoms with Crippen LogP contribution in [0, 0.1) is 6.92 Å². The molecule has 0 unspecified atom stereocenters. The summed E-state index contributed by atoms with van der Waals surface area (Å²) in [6.07, 6.45) is 0. The zero-order valence-electron chi connectivity index (χ0n) is 11.4. The van der Waals surface area contributed by atoms with Crippen molar-refractivity contribution in [2.24, 2.45) is 0 Å². The Bertz CT molecular complexity index is 626. The van der Waals surface area contributed by atoms with Gasteiger partial charge in [0.2, 0.25) is 0 Å². The van der Waals surface area contributed by atoms with Gasteiger partial charge in [0.15, 0.2) is 0 Å². The van der Waals surface area contributed by atoms with E-state index < -0.39 is 0 Å². The second-order valence-corrected chi connectivity index (χ2v) is 5.22. The number of aryl methyl sites for hydroxylation is 1. The number of ether oxygens (including phenoxy) is 1. The average molecular weight is 334 g/mol. The Morgan fingerprint density at radius 3 is 2.75 bits per heavy atom. The Balaban J connectivity index is 2.26. The fraction of sp³-hybridized carbons (Fsp3) is 0.188. The number of carbonyl (C=O) groups excluding carboxylic acids is 1. The van der Waals surface area contributed by atoms with Gasteiger partial charge in [0, 0.05) is 4.47 Å². The molecule has 0 spiro atoms. The maximum Gasteiger partial charge on any atom is 0.259 e. The van der Waals surface area contributed by atoms with Crippen LogP contribution in [0.2, 0.25) is 0 Å². The molecule has 0 atom stereocenters. The van der Waals surface area contributed by atoms with Crippen LogP contribution in [-0.4, -0.2) is 12.5 Å². The van der Waals surface area contributed by atoms with Crippen LogP contribution in [0.5, 0.6) is 5.75 Å². The van der Waals surface area contributed by atoms with E-state index in [4.69, 9.17) is 4.74 Å². The molecule has 0 fully saturated rings. The second-order valence-electron chi connectivity index (χ2n) is 4.37. The normalized spacial score (nSPS) is 10.2. The summed E-state index contributed by atoms with van der Waals surface area (Å²) in [7, 11) is 0. The number of hydrogen-bond donors (Lipinski definition) is 1. The number of nitrogens with one attached hydrogen (secondary N) is 1. The molecule has 0 saturated carbocycles. The van der Waals surface area contributed by atoms with Gasteiger partial charge in [-0.1, -0.05) is 18.2 Å². The van der Waals surface area contributed by atoms with Crippen LogP contribution in [0.1, 0.15) is 22.8 Å². The van der Waals surface area contributed by atoms with E-state index in [0.29, 0.717) is 17.9 Å². The molecule has 0 aliphatic rings. The van der Waals surface area contributed by atoms with Gasteiger partial charge in [-0.15, -0.1) is 0 Å². The Kier molecular flexibility index (Phi) is 4.79. The van der Waals surface area contributed by atoms with Gasteiger partial charge in [-0.05, 0) is 59.6 Å². The predicted molar refractivity (Wildman–Crippen MR) is 84.4 cm³/mol. The van der Waals surface area contributed by atoms with Crippen LogP contribution in [0.25, 0.3) is 0 Å². The highest BCUT2D eigenvalue weighted by atomic mass is 79.9. The second kappa shape index (κ2) is 6.57. The van der Waals surface area contributed by atoms with Crippen molar-refractivity contribution < 1.29 is 9.53 Å². The first-order chi connectivity index (χ1) is 9.61. The summed E-state index contributed by atoms with van der Waals surface area (Å²) in [5.41, 5.74) is 2.37. The summed E-state index contributed by atoms with van der Waals surface area (Å²) in [5.74, 6) is 0.414. The molecule has 0 aromatic heterocycles. The van der Waals surface area contributed by atoms with E-state index in [1.165, 1.54) is 0 Å². The van der Waals surface area contributed by atoms with E-state index in [9.17, 15) is 4.79 Å². The lowest BCUT2D eigenvalue weighted by Gasteiger charge is -2.11. The minimum absolute atomic E-state index is 0.180. The van der Waals surface area contributed by atoms with Gasteiger partial charge in [0.05, 0.1) is 17.9 Å². The molecular weight excluding hydrogens is 318 g/mol. The van der Waals surface area contributed by atoms with Gasteiger partial charge >= 0.3 is 0 Å². The number of halogens is 1. The molecule has 0 aliphatic carbocycles. The summed E-state index contributed by atoms with van der Waals surface area (Å²) >= 11 is 3.43. The highest BCUT2D eigenvalue weighted by molar-refractivity contribution is 9.10. The van der Waals surface area contributed by atoms with Crippen molar-refractivity contribution in [3.05, 3.63) is 58.1 Å². The van der Waals surface area contributed by atoms with Crippen LogP contribution in [-0.2, 0) is 0 Å². The smallest absolute Gasteiger partial charge is 0.259 e. The standard InChI is InChI=1S/C16H16BrNO2/c1-3-20-15-7-5-4-6-12(15)16(19)18-14-10-11(2)8-9-13(14)17/h4-10H,3H2,1-2H3,(H,18,19). The molecule has 1 N–H and O–H groups in total. The summed E-state index contributed by atoms with van der Waals surface area (Å²) < 4.78 is 6.33. The average Bonchev–Trinajstić information content (AvgIpc) is 2.44. The number of rotatable bonds is 4. The Morgan fingerprint density at radius 1 is 1.25 bits per heavy atom. The van der Waals surface area contributed by atoms with Gasteiger partial charge in [0.25, 0.3) is 5.91 Å². The molecule has 2 rings (SSSR count). The number of amides is 1. The topological polar surface area (TPSA) is 38.3 Å². The number of para-hydroxylation sites is 1. The van der Waals surface area contributed by atoms with Gasteiger partial charge in [0.1, 0.15) is 5.75 Å². The molecule has 104 valence electrons. The quantitative estimate of drug-likeness (QED) is 0.899. The van der Waals surface area contributed by atoms with Crippen molar-refractivity contribution in [1.82, 2.24) is 0 Å². The van der Waals surface area contributed by atoms with Crippen LogP contribution in [0.3, 0.4) is 0 Å². The van der Waals surface area contributed by atoms with Gasteiger partial charge < -0.3 is 10.1 Å². The molecule has 0 aliphatic heterocycles. The Morgan fingerprint density at radius 2 is 2.00 bits per heavy atom. The fourth-order valence-electron chi connectivity index (χ4n) is 1.86. The van der Waals surface area contributed by atoms with Gasteiger partial charge in [-0.3, -0.25) is 4.79 Å². The summed E-state index contributed by atoms with van der Waals surface area (Å²) in [5, 5.41) is 2.90. The molecule has 0 radical (unpaired) electrons. The SMILES string of the molecule is CCOc1ccccc1C(=O)Nc1cc(C)ccc1Br. The van der Waals surface area contributed by atoms with Crippen molar-refractivity contribution in [2.45, 2.75) is 13.8 Å². The molecule has 2 aromatic carbocycles. The summed E-state index contributed by atoms with van der Waals surface area (Å²) in [6, 6.07) is 13.0. The molecule has 4 heteroatoms.